The summed E-state index contributed by atoms with van der Waals surface area (Å²) in [4.78, 5) is 14.3. The zero-order valence-electron chi connectivity index (χ0n) is 12.0. The summed E-state index contributed by atoms with van der Waals surface area (Å²) in [6.07, 6.45) is 2.43. The number of rotatable bonds is 5. The first-order chi connectivity index (χ1) is 9.97. The number of benzene rings is 1. The Kier molecular flexibility index (Phi) is 5.70. The lowest BCUT2D eigenvalue weighted by molar-refractivity contribution is 0.0936. The van der Waals surface area contributed by atoms with E-state index in [1.54, 1.807) is 0 Å². The summed E-state index contributed by atoms with van der Waals surface area (Å²) in [7, 11) is 0. The molecule has 0 saturated carbocycles. The second-order valence-corrected chi connectivity index (χ2v) is 6.48. The van der Waals surface area contributed by atoms with Crippen molar-refractivity contribution in [2.24, 2.45) is 5.92 Å². The maximum absolute atomic E-state index is 13.7. The molecular weight excluding hydrogens is 342 g/mol. The molecule has 1 amide bonds. The maximum atomic E-state index is 13.7. The number of nitrogens with zero attached hydrogens (tertiary/aromatic N) is 1. The fraction of sp³-hybridized carbons (Fsp3) is 0.533. The molecule has 1 saturated heterocycles. The number of amides is 1. The zero-order valence-corrected chi connectivity index (χ0v) is 13.6. The molecule has 0 spiro atoms. The minimum atomic E-state index is -0.855. The Labute approximate surface area is 131 Å². The normalized spacial score (nSPS) is 17.0. The molecular formula is C15H19BrF2N2O. The summed E-state index contributed by atoms with van der Waals surface area (Å²) in [5.41, 5.74) is -0.522. The van der Waals surface area contributed by atoms with E-state index in [1.807, 2.05) is 6.92 Å². The van der Waals surface area contributed by atoms with Crippen LogP contribution < -0.4 is 5.32 Å². The Hall–Kier alpha value is -1.01. The third kappa shape index (κ3) is 4.48. The quantitative estimate of drug-likeness (QED) is 0.874. The summed E-state index contributed by atoms with van der Waals surface area (Å²) in [5, 5.41) is 2.61. The van der Waals surface area contributed by atoms with Gasteiger partial charge in [-0.3, -0.25) is 4.79 Å². The van der Waals surface area contributed by atoms with E-state index in [4.69, 9.17) is 0 Å². The molecule has 21 heavy (non-hydrogen) atoms. The van der Waals surface area contributed by atoms with Gasteiger partial charge in [-0.15, -0.1) is 0 Å². The molecule has 1 unspecified atom stereocenters. The van der Waals surface area contributed by atoms with E-state index in [0.29, 0.717) is 6.54 Å². The third-order valence-electron chi connectivity index (χ3n) is 3.61. The Morgan fingerprint density at radius 3 is 2.48 bits per heavy atom. The summed E-state index contributed by atoms with van der Waals surface area (Å²) in [6.45, 7) is 5.51. The molecule has 116 valence electrons. The van der Waals surface area contributed by atoms with Gasteiger partial charge in [-0.2, -0.15) is 0 Å². The molecule has 1 aromatic rings. The van der Waals surface area contributed by atoms with Gasteiger partial charge in [-0.1, -0.05) is 22.9 Å². The maximum Gasteiger partial charge on any atom is 0.257 e. The predicted octanol–water partition coefficient (Wildman–Crippen LogP) is 3.19. The molecule has 1 fully saturated rings. The number of carbonyl (C=O) groups is 1. The molecule has 1 N–H and O–H groups in total. The van der Waals surface area contributed by atoms with Gasteiger partial charge >= 0.3 is 0 Å². The van der Waals surface area contributed by atoms with Crippen LogP contribution in [-0.4, -0.2) is 37.0 Å². The molecule has 1 aliphatic heterocycles. The highest BCUT2D eigenvalue weighted by Crippen LogP contribution is 2.19. The van der Waals surface area contributed by atoms with Crippen molar-refractivity contribution in [1.29, 1.82) is 0 Å². The molecule has 0 radical (unpaired) electrons. The smallest absolute Gasteiger partial charge is 0.257 e. The average molecular weight is 361 g/mol. The van der Waals surface area contributed by atoms with E-state index in [0.717, 1.165) is 31.8 Å². The molecule has 0 bridgehead atoms. The average Bonchev–Trinajstić information content (AvgIpc) is 2.88. The predicted molar refractivity (Wildman–Crippen MR) is 81.2 cm³/mol. The largest absolute Gasteiger partial charge is 0.352 e. The Balaban J connectivity index is 1.89. The molecule has 0 aromatic heterocycles. The number of hydrogen-bond acceptors (Lipinski definition) is 2. The van der Waals surface area contributed by atoms with Crippen LogP contribution >= 0.6 is 15.9 Å². The first kappa shape index (κ1) is 16.4. The second-order valence-electron chi connectivity index (χ2n) is 5.57. The van der Waals surface area contributed by atoms with Crippen LogP contribution in [0.3, 0.4) is 0 Å². The minimum absolute atomic E-state index is 0.244. The summed E-state index contributed by atoms with van der Waals surface area (Å²) >= 11 is 2.99. The van der Waals surface area contributed by atoms with Crippen LogP contribution in [0, 0.1) is 17.6 Å². The van der Waals surface area contributed by atoms with Gasteiger partial charge in [0.2, 0.25) is 0 Å². The monoisotopic (exact) mass is 360 g/mol. The number of nitrogens with one attached hydrogen (secondary N) is 1. The first-order valence-electron chi connectivity index (χ1n) is 7.12. The van der Waals surface area contributed by atoms with Gasteiger partial charge in [0.05, 0.1) is 0 Å². The topological polar surface area (TPSA) is 32.3 Å². The third-order valence-corrected chi connectivity index (χ3v) is 4.07. The van der Waals surface area contributed by atoms with Gasteiger partial charge < -0.3 is 10.2 Å². The number of likely N-dealkylation sites (tertiary alicyclic amines) is 1. The minimum Gasteiger partial charge on any atom is -0.352 e. The van der Waals surface area contributed by atoms with Crippen molar-refractivity contribution < 1.29 is 13.6 Å². The van der Waals surface area contributed by atoms with E-state index in [-0.39, 0.29) is 10.4 Å². The van der Waals surface area contributed by atoms with Crippen LogP contribution in [0.1, 0.15) is 30.1 Å². The van der Waals surface area contributed by atoms with Crippen molar-refractivity contribution in [1.82, 2.24) is 10.2 Å². The molecule has 1 aromatic carbocycles. The first-order valence-corrected chi connectivity index (χ1v) is 7.91. The van der Waals surface area contributed by atoms with Crippen molar-refractivity contribution in [2.75, 3.05) is 26.2 Å². The Bertz CT molecular complexity index is 495. The lowest BCUT2D eigenvalue weighted by Gasteiger charge is -2.20. The summed E-state index contributed by atoms with van der Waals surface area (Å²) < 4.78 is 27.6. The standard InChI is InChI=1S/C15H19BrF2N2O/c1-10(9-20-4-2-3-5-20)8-19-15(21)14-12(17)6-11(16)7-13(14)18/h6-7,10H,2-5,8-9H2,1H3,(H,19,21). The van der Waals surface area contributed by atoms with Crippen molar-refractivity contribution in [3.8, 4) is 0 Å². The second kappa shape index (κ2) is 7.31. The molecule has 2 rings (SSSR count). The van der Waals surface area contributed by atoms with Gasteiger partial charge in [0, 0.05) is 17.6 Å². The molecule has 1 aliphatic rings. The molecule has 6 heteroatoms. The SMILES string of the molecule is CC(CNC(=O)c1c(F)cc(Br)cc1F)CN1CCCC1. The summed E-state index contributed by atoms with van der Waals surface area (Å²) in [5.74, 6) is -2.17. The highest BCUT2D eigenvalue weighted by Gasteiger charge is 2.20. The molecule has 1 atom stereocenters. The lowest BCUT2D eigenvalue weighted by Crippen LogP contribution is -2.35. The van der Waals surface area contributed by atoms with Crippen molar-refractivity contribution in [3.05, 3.63) is 33.8 Å². The highest BCUT2D eigenvalue weighted by atomic mass is 79.9. The van der Waals surface area contributed by atoms with Gasteiger partial charge in [0.15, 0.2) is 0 Å². The van der Waals surface area contributed by atoms with Crippen LogP contribution in [0.2, 0.25) is 0 Å². The molecule has 3 nitrogen and oxygen atoms in total. The van der Waals surface area contributed by atoms with Crippen molar-refractivity contribution in [2.45, 2.75) is 19.8 Å². The Morgan fingerprint density at radius 1 is 1.33 bits per heavy atom. The fourth-order valence-electron chi connectivity index (χ4n) is 2.58. The van der Waals surface area contributed by atoms with Crippen molar-refractivity contribution in [3.63, 3.8) is 0 Å². The number of hydrogen-bond donors (Lipinski definition) is 1. The van der Waals surface area contributed by atoms with E-state index in [2.05, 4.69) is 26.1 Å². The van der Waals surface area contributed by atoms with Crippen LogP contribution in [0.15, 0.2) is 16.6 Å². The van der Waals surface area contributed by atoms with E-state index < -0.39 is 23.1 Å². The Morgan fingerprint density at radius 2 is 1.90 bits per heavy atom. The number of halogens is 3. The van der Waals surface area contributed by atoms with Crippen LogP contribution in [-0.2, 0) is 0 Å². The zero-order chi connectivity index (χ0) is 15.4. The van der Waals surface area contributed by atoms with Crippen LogP contribution in [0.25, 0.3) is 0 Å². The van der Waals surface area contributed by atoms with Gasteiger partial charge in [-0.25, -0.2) is 8.78 Å². The molecule has 0 aliphatic carbocycles. The van der Waals surface area contributed by atoms with Crippen molar-refractivity contribution >= 4 is 21.8 Å². The fourth-order valence-corrected chi connectivity index (χ4v) is 2.99. The van der Waals surface area contributed by atoms with Crippen LogP contribution in [0.5, 0.6) is 0 Å². The van der Waals surface area contributed by atoms with E-state index in [9.17, 15) is 13.6 Å². The van der Waals surface area contributed by atoms with E-state index in [1.165, 1.54) is 12.8 Å². The molecule has 1 heterocycles. The van der Waals surface area contributed by atoms with Gasteiger partial charge in [0.1, 0.15) is 17.2 Å². The van der Waals surface area contributed by atoms with Crippen LogP contribution in [0.4, 0.5) is 8.78 Å². The summed E-state index contributed by atoms with van der Waals surface area (Å²) in [6, 6.07) is 2.18. The lowest BCUT2D eigenvalue weighted by atomic mass is 10.1. The highest BCUT2D eigenvalue weighted by molar-refractivity contribution is 9.10. The van der Waals surface area contributed by atoms with Gasteiger partial charge in [-0.05, 0) is 44.0 Å². The number of carbonyl (C=O) groups excluding carboxylic acids is 1. The van der Waals surface area contributed by atoms with Gasteiger partial charge in [0.25, 0.3) is 5.91 Å². The van der Waals surface area contributed by atoms with E-state index >= 15 is 0 Å².